The van der Waals surface area contributed by atoms with Gasteiger partial charge in [0.05, 0.1) is 0 Å². The van der Waals surface area contributed by atoms with Crippen molar-refractivity contribution in [2.75, 3.05) is 0 Å². The van der Waals surface area contributed by atoms with Crippen LogP contribution < -0.4 is 0 Å². The van der Waals surface area contributed by atoms with Crippen LogP contribution in [0.25, 0.3) is 0 Å². The van der Waals surface area contributed by atoms with Crippen molar-refractivity contribution in [3.8, 4) is 0 Å². The first-order valence-corrected chi connectivity index (χ1v) is 4.90. The van der Waals surface area contributed by atoms with Crippen LogP contribution in [0.1, 0.15) is 23.2 Å². The third-order valence-electron chi connectivity index (χ3n) is 2.26. The molecule has 2 nitrogen and oxygen atoms in total. The average molecular weight is 209 g/mol. The highest BCUT2D eigenvalue weighted by molar-refractivity contribution is 6.45. The van der Waals surface area contributed by atoms with Crippen LogP contribution >= 0.6 is 11.6 Å². The van der Waals surface area contributed by atoms with E-state index >= 15 is 0 Å². The maximum absolute atomic E-state index is 11.6. The van der Waals surface area contributed by atoms with Gasteiger partial charge in [-0.15, -0.1) is 0 Å². The summed E-state index contributed by atoms with van der Waals surface area (Å²) in [6.07, 6.45) is 1.70. The molecule has 1 aromatic rings. The average Bonchev–Trinajstić information content (AvgIpc) is 2.99. The second-order valence-corrected chi connectivity index (χ2v) is 3.91. The molecule has 1 aliphatic carbocycles. The van der Waals surface area contributed by atoms with Gasteiger partial charge in [-0.3, -0.25) is 9.59 Å². The number of halogens is 1. The molecule has 0 atom stereocenters. The molecule has 0 aromatic heterocycles. The zero-order valence-electron chi connectivity index (χ0n) is 7.50. The number of benzene rings is 1. The number of carbonyl (C=O) groups is 2. The topological polar surface area (TPSA) is 34.1 Å². The van der Waals surface area contributed by atoms with Gasteiger partial charge in [0, 0.05) is 16.5 Å². The molecule has 0 radical (unpaired) electrons. The molecule has 1 fully saturated rings. The van der Waals surface area contributed by atoms with Crippen molar-refractivity contribution >= 4 is 23.2 Å². The molecule has 0 spiro atoms. The van der Waals surface area contributed by atoms with E-state index in [-0.39, 0.29) is 11.7 Å². The number of hydrogen-bond donors (Lipinski definition) is 0. The van der Waals surface area contributed by atoms with Crippen LogP contribution in [0, 0.1) is 5.92 Å². The van der Waals surface area contributed by atoms with E-state index in [0.29, 0.717) is 10.6 Å². The molecule has 0 saturated heterocycles. The van der Waals surface area contributed by atoms with E-state index in [2.05, 4.69) is 0 Å². The summed E-state index contributed by atoms with van der Waals surface area (Å²) < 4.78 is 0. The molecule has 0 bridgehead atoms. The lowest BCUT2D eigenvalue weighted by atomic mass is 10.1. The van der Waals surface area contributed by atoms with Gasteiger partial charge in [0.2, 0.25) is 11.6 Å². The third-order valence-corrected chi connectivity index (χ3v) is 2.49. The number of rotatable bonds is 3. The minimum atomic E-state index is -0.407. The Labute approximate surface area is 86.9 Å². The van der Waals surface area contributed by atoms with E-state index in [1.54, 1.807) is 18.2 Å². The fourth-order valence-electron chi connectivity index (χ4n) is 1.30. The van der Waals surface area contributed by atoms with E-state index < -0.39 is 5.78 Å². The van der Waals surface area contributed by atoms with Crippen molar-refractivity contribution < 1.29 is 9.59 Å². The lowest BCUT2D eigenvalue weighted by Crippen LogP contribution is -2.15. The lowest BCUT2D eigenvalue weighted by Gasteiger charge is -1.98. The van der Waals surface area contributed by atoms with Gasteiger partial charge in [0.15, 0.2) is 0 Å². The van der Waals surface area contributed by atoms with E-state index in [1.807, 2.05) is 0 Å². The van der Waals surface area contributed by atoms with E-state index in [1.165, 1.54) is 6.07 Å². The quantitative estimate of drug-likeness (QED) is 0.565. The molecule has 1 aliphatic rings. The van der Waals surface area contributed by atoms with E-state index in [4.69, 9.17) is 11.6 Å². The van der Waals surface area contributed by atoms with Gasteiger partial charge >= 0.3 is 0 Å². The Morgan fingerprint density at radius 2 is 2.00 bits per heavy atom. The molecule has 2 rings (SSSR count). The SMILES string of the molecule is O=C(C(=O)C1CC1)c1cccc(Cl)c1. The predicted octanol–water partition coefficient (Wildman–Crippen LogP) is 2.50. The second-order valence-electron chi connectivity index (χ2n) is 3.48. The van der Waals surface area contributed by atoms with Crippen LogP contribution in [0.15, 0.2) is 24.3 Å². The normalized spacial score (nSPS) is 15.2. The summed E-state index contributed by atoms with van der Waals surface area (Å²) in [6.45, 7) is 0. The highest BCUT2D eigenvalue weighted by atomic mass is 35.5. The molecular formula is C11H9ClO2. The van der Waals surface area contributed by atoms with Gasteiger partial charge in [-0.05, 0) is 25.0 Å². The highest BCUT2D eigenvalue weighted by Gasteiger charge is 2.34. The minimum Gasteiger partial charge on any atom is -0.290 e. The molecule has 0 amide bonds. The van der Waals surface area contributed by atoms with Gasteiger partial charge < -0.3 is 0 Å². The Morgan fingerprint density at radius 3 is 2.57 bits per heavy atom. The summed E-state index contributed by atoms with van der Waals surface area (Å²) in [5.74, 6) is -0.705. The van der Waals surface area contributed by atoms with Crippen molar-refractivity contribution in [1.29, 1.82) is 0 Å². The van der Waals surface area contributed by atoms with Crippen LogP contribution in [0.5, 0.6) is 0 Å². The van der Waals surface area contributed by atoms with Crippen LogP contribution in [0.4, 0.5) is 0 Å². The summed E-state index contributed by atoms with van der Waals surface area (Å²) in [4.78, 5) is 23.0. The first-order valence-electron chi connectivity index (χ1n) is 4.52. The molecular weight excluding hydrogens is 200 g/mol. The van der Waals surface area contributed by atoms with E-state index in [0.717, 1.165) is 12.8 Å². The van der Waals surface area contributed by atoms with Crippen molar-refractivity contribution in [3.05, 3.63) is 34.9 Å². The molecule has 14 heavy (non-hydrogen) atoms. The second kappa shape index (κ2) is 3.54. The number of ketones is 2. The zero-order valence-corrected chi connectivity index (χ0v) is 8.25. The Balaban J connectivity index is 2.21. The molecule has 0 N–H and O–H groups in total. The summed E-state index contributed by atoms with van der Waals surface area (Å²) in [6, 6.07) is 6.51. The number of hydrogen-bond acceptors (Lipinski definition) is 2. The van der Waals surface area contributed by atoms with E-state index in [9.17, 15) is 9.59 Å². The van der Waals surface area contributed by atoms with Gasteiger partial charge in [-0.2, -0.15) is 0 Å². The van der Waals surface area contributed by atoms with Crippen LogP contribution in [0.2, 0.25) is 5.02 Å². The Morgan fingerprint density at radius 1 is 1.29 bits per heavy atom. The zero-order chi connectivity index (χ0) is 10.1. The van der Waals surface area contributed by atoms with Gasteiger partial charge in [-0.25, -0.2) is 0 Å². The molecule has 0 aliphatic heterocycles. The summed E-state index contributed by atoms with van der Waals surface area (Å²) >= 11 is 5.73. The summed E-state index contributed by atoms with van der Waals surface area (Å²) in [5.41, 5.74) is 0.398. The van der Waals surface area contributed by atoms with Crippen molar-refractivity contribution in [3.63, 3.8) is 0 Å². The van der Waals surface area contributed by atoms with Crippen LogP contribution in [-0.4, -0.2) is 11.6 Å². The molecule has 72 valence electrons. The predicted molar refractivity (Wildman–Crippen MR) is 53.5 cm³/mol. The Bertz CT molecular complexity index is 394. The summed E-state index contributed by atoms with van der Waals surface area (Å²) in [7, 11) is 0. The molecule has 1 saturated carbocycles. The fraction of sp³-hybridized carbons (Fsp3) is 0.273. The molecule has 3 heteroatoms. The third kappa shape index (κ3) is 1.85. The maximum Gasteiger partial charge on any atom is 0.228 e. The summed E-state index contributed by atoms with van der Waals surface area (Å²) in [5, 5.41) is 0.486. The van der Waals surface area contributed by atoms with Gasteiger partial charge in [0.1, 0.15) is 0 Å². The first-order chi connectivity index (χ1) is 6.68. The van der Waals surface area contributed by atoms with Gasteiger partial charge in [0.25, 0.3) is 0 Å². The van der Waals surface area contributed by atoms with Crippen LogP contribution in [0.3, 0.4) is 0 Å². The monoisotopic (exact) mass is 208 g/mol. The maximum atomic E-state index is 11.6. The van der Waals surface area contributed by atoms with Crippen LogP contribution in [-0.2, 0) is 4.79 Å². The van der Waals surface area contributed by atoms with Crippen molar-refractivity contribution in [1.82, 2.24) is 0 Å². The highest BCUT2D eigenvalue weighted by Crippen LogP contribution is 2.31. The first kappa shape index (κ1) is 9.41. The minimum absolute atomic E-state index is 0.0264. The molecule has 0 unspecified atom stereocenters. The standard InChI is InChI=1S/C11H9ClO2/c12-9-3-1-2-8(6-9)11(14)10(13)7-4-5-7/h1-3,6-7H,4-5H2. The Hall–Kier alpha value is -1.15. The largest absolute Gasteiger partial charge is 0.290 e. The van der Waals surface area contributed by atoms with Gasteiger partial charge in [-0.1, -0.05) is 23.7 Å². The lowest BCUT2D eigenvalue weighted by molar-refractivity contribution is -0.116. The van der Waals surface area contributed by atoms with Crippen molar-refractivity contribution in [2.24, 2.45) is 5.92 Å². The number of carbonyl (C=O) groups excluding carboxylic acids is 2. The molecule has 0 heterocycles. The molecule has 1 aromatic carbocycles. The fourth-order valence-corrected chi connectivity index (χ4v) is 1.49. The smallest absolute Gasteiger partial charge is 0.228 e. The number of Topliss-reactive ketones (excluding diaryl/α,β-unsaturated/α-hetero) is 2. The van der Waals surface area contributed by atoms with Crippen molar-refractivity contribution in [2.45, 2.75) is 12.8 Å². The Kier molecular flexibility index (Phi) is 2.38.